The van der Waals surface area contributed by atoms with Crippen molar-refractivity contribution < 1.29 is 5.11 Å². The maximum atomic E-state index is 9.33. The van der Waals surface area contributed by atoms with Crippen LogP contribution < -0.4 is 5.32 Å². The van der Waals surface area contributed by atoms with Gasteiger partial charge in [0.05, 0.1) is 6.61 Å². The number of rotatable bonds is 7. The Morgan fingerprint density at radius 1 is 1.14 bits per heavy atom. The SMILES string of the molecule is OCCN(CCc1c[nH]c2ccccc12)CC1CCNCC1. The third kappa shape index (κ3) is 3.88. The van der Waals surface area contributed by atoms with Crippen molar-refractivity contribution in [2.45, 2.75) is 19.3 Å². The first kappa shape index (κ1) is 15.5. The van der Waals surface area contributed by atoms with Crippen LogP contribution in [-0.4, -0.2) is 54.3 Å². The van der Waals surface area contributed by atoms with E-state index in [9.17, 15) is 5.11 Å². The summed E-state index contributed by atoms with van der Waals surface area (Å²) in [5, 5.41) is 14.1. The van der Waals surface area contributed by atoms with Gasteiger partial charge in [0.25, 0.3) is 0 Å². The first-order chi connectivity index (χ1) is 10.9. The number of para-hydroxylation sites is 1. The van der Waals surface area contributed by atoms with Crippen LogP contribution in [0.15, 0.2) is 30.5 Å². The van der Waals surface area contributed by atoms with E-state index in [1.54, 1.807) is 0 Å². The number of hydrogen-bond donors (Lipinski definition) is 3. The summed E-state index contributed by atoms with van der Waals surface area (Å²) in [5.74, 6) is 0.774. The summed E-state index contributed by atoms with van der Waals surface area (Å²) in [5.41, 5.74) is 2.59. The molecule has 0 saturated carbocycles. The van der Waals surface area contributed by atoms with E-state index < -0.39 is 0 Å². The zero-order chi connectivity index (χ0) is 15.2. The molecule has 0 amide bonds. The second-order valence-electron chi connectivity index (χ2n) is 6.33. The van der Waals surface area contributed by atoms with Crippen molar-refractivity contribution in [2.24, 2.45) is 5.92 Å². The molecule has 0 spiro atoms. The van der Waals surface area contributed by atoms with Crippen LogP contribution in [0.5, 0.6) is 0 Å². The average Bonchev–Trinajstić information content (AvgIpc) is 2.97. The predicted octanol–water partition coefficient (Wildman–Crippen LogP) is 2.00. The van der Waals surface area contributed by atoms with E-state index in [2.05, 4.69) is 45.7 Å². The Bertz CT molecular complexity index is 574. The fourth-order valence-corrected chi connectivity index (χ4v) is 3.48. The molecule has 1 saturated heterocycles. The Morgan fingerprint density at radius 3 is 2.77 bits per heavy atom. The Morgan fingerprint density at radius 2 is 1.95 bits per heavy atom. The highest BCUT2D eigenvalue weighted by Crippen LogP contribution is 2.19. The molecule has 0 bridgehead atoms. The maximum Gasteiger partial charge on any atom is 0.0558 e. The van der Waals surface area contributed by atoms with Gasteiger partial charge in [-0.3, -0.25) is 0 Å². The first-order valence-electron chi connectivity index (χ1n) is 8.46. The number of aromatic amines is 1. The maximum absolute atomic E-state index is 9.33. The molecular formula is C18H27N3O. The van der Waals surface area contributed by atoms with Gasteiger partial charge in [0.15, 0.2) is 0 Å². The van der Waals surface area contributed by atoms with Crippen LogP contribution in [0.4, 0.5) is 0 Å². The van der Waals surface area contributed by atoms with E-state index >= 15 is 0 Å². The minimum Gasteiger partial charge on any atom is -0.395 e. The van der Waals surface area contributed by atoms with Crippen molar-refractivity contribution in [1.82, 2.24) is 15.2 Å². The van der Waals surface area contributed by atoms with Gasteiger partial charge < -0.3 is 20.3 Å². The number of aliphatic hydroxyl groups excluding tert-OH is 1. The zero-order valence-corrected chi connectivity index (χ0v) is 13.2. The van der Waals surface area contributed by atoms with Gasteiger partial charge in [-0.1, -0.05) is 18.2 Å². The Balaban J connectivity index is 1.58. The molecule has 1 aromatic carbocycles. The number of aromatic nitrogens is 1. The van der Waals surface area contributed by atoms with Gasteiger partial charge in [-0.15, -0.1) is 0 Å². The van der Waals surface area contributed by atoms with Crippen LogP contribution >= 0.6 is 0 Å². The van der Waals surface area contributed by atoms with E-state index in [1.165, 1.54) is 29.3 Å². The molecule has 120 valence electrons. The van der Waals surface area contributed by atoms with Gasteiger partial charge >= 0.3 is 0 Å². The van der Waals surface area contributed by atoms with Crippen LogP contribution in [0, 0.1) is 5.92 Å². The molecule has 0 aliphatic carbocycles. The summed E-state index contributed by atoms with van der Waals surface area (Å²) in [4.78, 5) is 5.78. The van der Waals surface area contributed by atoms with Crippen LogP contribution in [0.25, 0.3) is 10.9 Å². The van der Waals surface area contributed by atoms with Gasteiger partial charge in [0.2, 0.25) is 0 Å². The average molecular weight is 301 g/mol. The van der Waals surface area contributed by atoms with Crippen LogP contribution in [0.3, 0.4) is 0 Å². The third-order valence-electron chi connectivity index (χ3n) is 4.76. The third-order valence-corrected chi connectivity index (χ3v) is 4.76. The fraction of sp³-hybridized carbons (Fsp3) is 0.556. The van der Waals surface area contributed by atoms with Gasteiger partial charge in [-0.25, -0.2) is 0 Å². The van der Waals surface area contributed by atoms with E-state index in [0.29, 0.717) is 0 Å². The van der Waals surface area contributed by atoms with Crippen molar-refractivity contribution in [3.8, 4) is 0 Å². The molecule has 3 rings (SSSR count). The second-order valence-corrected chi connectivity index (χ2v) is 6.33. The number of benzene rings is 1. The number of hydrogen-bond acceptors (Lipinski definition) is 3. The standard InChI is InChI=1S/C18H27N3O/c22-12-11-21(14-15-5-8-19-9-6-15)10-7-16-13-20-18-4-2-1-3-17(16)18/h1-4,13,15,19-20,22H,5-12,14H2. The van der Waals surface area contributed by atoms with Crippen molar-refractivity contribution in [2.75, 3.05) is 39.3 Å². The number of H-pyrrole nitrogens is 1. The zero-order valence-electron chi connectivity index (χ0n) is 13.2. The largest absolute Gasteiger partial charge is 0.395 e. The molecule has 1 aromatic heterocycles. The lowest BCUT2D eigenvalue weighted by Crippen LogP contribution is -2.38. The predicted molar refractivity (Wildman–Crippen MR) is 91.1 cm³/mol. The lowest BCUT2D eigenvalue weighted by molar-refractivity contribution is 0.164. The molecule has 3 N–H and O–H groups in total. The van der Waals surface area contributed by atoms with Crippen molar-refractivity contribution in [1.29, 1.82) is 0 Å². The summed E-state index contributed by atoms with van der Waals surface area (Å²) in [6, 6.07) is 8.47. The highest BCUT2D eigenvalue weighted by atomic mass is 16.3. The molecule has 0 unspecified atom stereocenters. The Hall–Kier alpha value is -1.36. The summed E-state index contributed by atoms with van der Waals surface area (Å²) in [6.45, 7) is 5.45. The molecule has 4 heteroatoms. The molecule has 1 aliphatic heterocycles. The molecule has 4 nitrogen and oxygen atoms in total. The van der Waals surface area contributed by atoms with Gasteiger partial charge in [0.1, 0.15) is 0 Å². The van der Waals surface area contributed by atoms with Gasteiger partial charge in [-0.05, 0) is 49.9 Å². The summed E-state index contributed by atoms with van der Waals surface area (Å²) < 4.78 is 0. The molecule has 0 radical (unpaired) electrons. The number of nitrogens with zero attached hydrogens (tertiary/aromatic N) is 1. The minimum absolute atomic E-state index is 0.249. The van der Waals surface area contributed by atoms with E-state index in [-0.39, 0.29) is 6.61 Å². The minimum atomic E-state index is 0.249. The van der Waals surface area contributed by atoms with Crippen LogP contribution in [0.1, 0.15) is 18.4 Å². The van der Waals surface area contributed by atoms with E-state index in [1.807, 2.05) is 0 Å². The normalized spacial score (nSPS) is 16.6. The Kier molecular flexibility index (Phi) is 5.48. The molecule has 1 aliphatic rings. The van der Waals surface area contributed by atoms with Gasteiger partial charge in [0, 0.05) is 36.7 Å². The summed E-state index contributed by atoms with van der Waals surface area (Å²) >= 11 is 0. The van der Waals surface area contributed by atoms with E-state index in [0.717, 1.165) is 45.1 Å². The highest BCUT2D eigenvalue weighted by Gasteiger charge is 2.17. The highest BCUT2D eigenvalue weighted by molar-refractivity contribution is 5.83. The molecule has 1 fully saturated rings. The molecule has 22 heavy (non-hydrogen) atoms. The number of aliphatic hydroxyl groups is 1. The quantitative estimate of drug-likeness (QED) is 0.733. The second kappa shape index (κ2) is 7.77. The van der Waals surface area contributed by atoms with Crippen molar-refractivity contribution in [3.63, 3.8) is 0 Å². The smallest absolute Gasteiger partial charge is 0.0558 e. The first-order valence-corrected chi connectivity index (χ1v) is 8.46. The lowest BCUT2D eigenvalue weighted by Gasteiger charge is -2.29. The molecule has 2 heterocycles. The van der Waals surface area contributed by atoms with Crippen molar-refractivity contribution >= 4 is 10.9 Å². The molecule has 2 aromatic rings. The lowest BCUT2D eigenvalue weighted by atomic mass is 9.97. The van der Waals surface area contributed by atoms with Crippen LogP contribution in [-0.2, 0) is 6.42 Å². The molecule has 0 atom stereocenters. The van der Waals surface area contributed by atoms with Crippen LogP contribution in [0.2, 0.25) is 0 Å². The van der Waals surface area contributed by atoms with Gasteiger partial charge in [-0.2, -0.15) is 0 Å². The van der Waals surface area contributed by atoms with E-state index in [4.69, 9.17) is 0 Å². The monoisotopic (exact) mass is 301 g/mol. The van der Waals surface area contributed by atoms with Crippen molar-refractivity contribution in [3.05, 3.63) is 36.0 Å². The Labute approximate surface area is 132 Å². The fourth-order valence-electron chi connectivity index (χ4n) is 3.48. The number of fused-ring (bicyclic) bond motifs is 1. The molecular weight excluding hydrogens is 274 g/mol. The summed E-state index contributed by atoms with van der Waals surface area (Å²) in [7, 11) is 0. The topological polar surface area (TPSA) is 51.3 Å². The number of nitrogens with one attached hydrogen (secondary N) is 2. The number of piperidine rings is 1. The summed E-state index contributed by atoms with van der Waals surface area (Å²) in [6.07, 6.45) is 5.69.